The fourth-order valence-corrected chi connectivity index (χ4v) is 3.52. The van der Waals surface area contributed by atoms with Crippen molar-refractivity contribution in [3.63, 3.8) is 0 Å². The number of rotatable bonds is 10. The average molecular weight is 325 g/mol. The molecule has 2 aromatic carbocycles. The second-order valence-electron chi connectivity index (χ2n) is 6.79. The molecule has 0 amide bonds. The third-order valence-corrected chi connectivity index (χ3v) is 4.91. The van der Waals surface area contributed by atoms with Gasteiger partial charge in [-0.2, -0.15) is 0 Å². The minimum atomic E-state index is 0.380. The molecule has 1 N–H and O–H groups in total. The third kappa shape index (κ3) is 5.12. The smallest absolute Gasteiger partial charge is 0.123 e. The van der Waals surface area contributed by atoms with Crippen LogP contribution in [-0.4, -0.2) is 5.11 Å². The van der Waals surface area contributed by atoms with Gasteiger partial charge >= 0.3 is 0 Å². The van der Waals surface area contributed by atoms with Crippen molar-refractivity contribution in [1.29, 1.82) is 0 Å². The molecule has 0 aliphatic carbocycles. The van der Waals surface area contributed by atoms with Crippen molar-refractivity contribution in [2.45, 2.75) is 71.1 Å². The van der Waals surface area contributed by atoms with Gasteiger partial charge in [-0.05, 0) is 36.0 Å². The molecule has 2 aromatic rings. The Balaban J connectivity index is 2.26. The van der Waals surface area contributed by atoms with E-state index in [-0.39, 0.29) is 0 Å². The van der Waals surface area contributed by atoms with Crippen LogP contribution in [0.15, 0.2) is 48.5 Å². The van der Waals surface area contributed by atoms with Crippen LogP contribution in [0.4, 0.5) is 0 Å². The highest BCUT2D eigenvalue weighted by Crippen LogP contribution is 2.38. The van der Waals surface area contributed by atoms with Gasteiger partial charge in [0.1, 0.15) is 5.75 Å². The molecule has 2 rings (SSSR count). The molecule has 0 bridgehead atoms. The first-order chi connectivity index (χ1) is 11.8. The summed E-state index contributed by atoms with van der Waals surface area (Å²) >= 11 is 0. The quantitative estimate of drug-likeness (QED) is 0.454. The molecule has 0 spiro atoms. The number of hydrogen-bond acceptors (Lipinski definition) is 1. The minimum absolute atomic E-state index is 0.380. The predicted octanol–water partition coefficient (Wildman–Crippen LogP) is 7.30. The molecule has 0 aromatic heterocycles. The van der Waals surface area contributed by atoms with Crippen molar-refractivity contribution in [2.24, 2.45) is 0 Å². The van der Waals surface area contributed by atoms with E-state index in [1.807, 2.05) is 18.2 Å². The maximum Gasteiger partial charge on any atom is 0.123 e. The first-order valence-corrected chi connectivity index (χ1v) is 9.65. The highest BCUT2D eigenvalue weighted by Gasteiger charge is 2.17. The van der Waals surface area contributed by atoms with E-state index in [0.29, 0.717) is 11.7 Å². The standard InChI is InChI=1S/C23H32O/c1-3-5-7-8-14-19(13-6-4-2)20-15-9-10-16-21(20)22-17-11-12-18-23(22)24/h9-12,15-19,24H,3-8,13-14H2,1-2H3. The summed E-state index contributed by atoms with van der Waals surface area (Å²) in [7, 11) is 0. The molecule has 0 saturated heterocycles. The Morgan fingerprint density at radius 3 is 2.04 bits per heavy atom. The molecule has 1 nitrogen and oxygen atoms in total. The topological polar surface area (TPSA) is 20.2 Å². The Labute approximate surface area is 147 Å². The first-order valence-electron chi connectivity index (χ1n) is 9.65. The van der Waals surface area contributed by atoms with Crippen LogP contribution >= 0.6 is 0 Å². The molecular formula is C23H32O. The molecule has 0 fully saturated rings. The molecule has 0 aliphatic heterocycles. The van der Waals surface area contributed by atoms with Gasteiger partial charge in [-0.1, -0.05) is 94.8 Å². The van der Waals surface area contributed by atoms with Gasteiger partial charge in [0, 0.05) is 5.56 Å². The van der Waals surface area contributed by atoms with E-state index < -0.39 is 0 Å². The summed E-state index contributed by atoms with van der Waals surface area (Å²) in [4.78, 5) is 0. The Morgan fingerprint density at radius 2 is 1.33 bits per heavy atom. The maximum atomic E-state index is 10.3. The number of unbranched alkanes of at least 4 members (excludes halogenated alkanes) is 4. The molecule has 0 heterocycles. The lowest BCUT2D eigenvalue weighted by Gasteiger charge is -2.21. The van der Waals surface area contributed by atoms with Crippen LogP contribution in [0.25, 0.3) is 11.1 Å². The minimum Gasteiger partial charge on any atom is -0.507 e. The lowest BCUT2D eigenvalue weighted by atomic mass is 9.84. The van der Waals surface area contributed by atoms with Crippen molar-refractivity contribution < 1.29 is 5.11 Å². The monoisotopic (exact) mass is 324 g/mol. The predicted molar refractivity (Wildman–Crippen MR) is 105 cm³/mol. The molecule has 0 aliphatic rings. The number of para-hydroxylation sites is 1. The van der Waals surface area contributed by atoms with Crippen LogP contribution < -0.4 is 0 Å². The normalized spacial score (nSPS) is 12.2. The zero-order valence-corrected chi connectivity index (χ0v) is 15.3. The van der Waals surface area contributed by atoms with E-state index in [0.717, 1.165) is 5.56 Å². The Morgan fingerprint density at radius 1 is 0.708 bits per heavy atom. The van der Waals surface area contributed by atoms with Crippen molar-refractivity contribution in [2.75, 3.05) is 0 Å². The summed E-state index contributed by atoms with van der Waals surface area (Å²) < 4.78 is 0. The van der Waals surface area contributed by atoms with E-state index in [9.17, 15) is 5.11 Å². The van der Waals surface area contributed by atoms with Crippen LogP contribution in [0.3, 0.4) is 0 Å². The highest BCUT2D eigenvalue weighted by molar-refractivity contribution is 5.73. The molecule has 130 valence electrons. The number of hydrogen-bond donors (Lipinski definition) is 1. The van der Waals surface area contributed by atoms with Crippen LogP contribution in [0.2, 0.25) is 0 Å². The molecule has 1 unspecified atom stereocenters. The number of phenols is 1. The van der Waals surface area contributed by atoms with Gasteiger partial charge in [-0.25, -0.2) is 0 Å². The summed E-state index contributed by atoms with van der Waals surface area (Å²) in [5, 5.41) is 10.3. The van der Waals surface area contributed by atoms with E-state index in [2.05, 4.69) is 38.1 Å². The zero-order valence-electron chi connectivity index (χ0n) is 15.3. The zero-order chi connectivity index (χ0) is 17.2. The van der Waals surface area contributed by atoms with Gasteiger partial charge in [0.25, 0.3) is 0 Å². The Kier molecular flexibility index (Phi) is 7.88. The maximum absolute atomic E-state index is 10.3. The third-order valence-electron chi connectivity index (χ3n) is 4.91. The Hall–Kier alpha value is -1.76. The van der Waals surface area contributed by atoms with Gasteiger partial charge < -0.3 is 5.11 Å². The van der Waals surface area contributed by atoms with Gasteiger partial charge in [0.15, 0.2) is 0 Å². The van der Waals surface area contributed by atoms with E-state index in [1.54, 1.807) is 6.07 Å². The van der Waals surface area contributed by atoms with Crippen LogP contribution in [-0.2, 0) is 0 Å². The summed E-state index contributed by atoms with van der Waals surface area (Å²) in [5.74, 6) is 0.975. The fraction of sp³-hybridized carbons (Fsp3) is 0.478. The second kappa shape index (κ2) is 10.2. The van der Waals surface area contributed by atoms with Crippen molar-refractivity contribution >= 4 is 0 Å². The summed E-state index contributed by atoms with van der Waals surface area (Å²) in [6, 6.07) is 16.4. The summed E-state index contributed by atoms with van der Waals surface area (Å²) in [6.45, 7) is 4.53. The molecule has 1 heteroatoms. The largest absolute Gasteiger partial charge is 0.507 e. The molecule has 0 radical (unpaired) electrons. The average Bonchev–Trinajstić information content (AvgIpc) is 2.62. The van der Waals surface area contributed by atoms with Crippen molar-refractivity contribution in [1.82, 2.24) is 0 Å². The fourth-order valence-electron chi connectivity index (χ4n) is 3.52. The summed E-state index contributed by atoms with van der Waals surface area (Å²) in [6.07, 6.45) is 10.3. The molecular weight excluding hydrogens is 292 g/mol. The van der Waals surface area contributed by atoms with E-state index in [4.69, 9.17) is 0 Å². The van der Waals surface area contributed by atoms with Crippen LogP contribution in [0.5, 0.6) is 5.75 Å². The first kappa shape index (κ1) is 18.6. The molecule has 0 saturated carbocycles. The number of aromatic hydroxyl groups is 1. The van der Waals surface area contributed by atoms with E-state index >= 15 is 0 Å². The lowest BCUT2D eigenvalue weighted by Crippen LogP contribution is -2.02. The number of phenolic OH excluding ortho intramolecular Hbond substituents is 1. The second-order valence-corrected chi connectivity index (χ2v) is 6.79. The summed E-state index contributed by atoms with van der Waals surface area (Å²) in [5.41, 5.74) is 3.57. The van der Waals surface area contributed by atoms with Crippen LogP contribution in [0, 0.1) is 0 Å². The van der Waals surface area contributed by atoms with Crippen molar-refractivity contribution in [3.8, 4) is 16.9 Å². The lowest BCUT2D eigenvalue weighted by molar-refractivity contribution is 0.476. The SMILES string of the molecule is CCCCCCC(CCCC)c1ccccc1-c1ccccc1O. The number of benzene rings is 2. The van der Waals surface area contributed by atoms with Crippen LogP contribution in [0.1, 0.15) is 76.7 Å². The molecule has 24 heavy (non-hydrogen) atoms. The van der Waals surface area contributed by atoms with Gasteiger partial charge in [0.05, 0.1) is 0 Å². The van der Waals surface area contributed by atoms with E-state index in [1.165, 1.54) is 62.5 Å². The van der Waals surface area contributed by atoms with Crippen molar-refractivity contribution in [3.05, 3.63) is 54.1 Å². The van der Waals surface area contributed by atoms with Gasteiger partial charge in [-0.15, -0.1) is 0 Å². The highest BCUT2D eigenvalue weighted by atomic mass is 16.3. The van der Waals surface area contributed by atoms with Gasteiger partial charge in [-0.3, -0.25) is 0 Å². The molecule has 1 atom stereocenters. The Bertz CT molecular complexity index is 602. The van der Waals surface area contributed by atoms with Gasteiger partial charge in [0.2, 0.25) is 0 Å².